The number of hydrogen-bond acceptors (Lipinski definition) is 5. The van der Waals surface area contributed by atoms with E-state index in [1.165, 1.54) is 52.0 Å². The maximum Gasteiger partial charge on any atom is 0.0589 e. The first-order chi connectivity index (χ1) is 12.5. The summed E-state index contributed by atoms with van der Waals surface area (Å²) in [5.74, 6) is 0. The molecule has 2 atom stereocenters. The van der Waals surface area contributed by atoms with E-state index >= 15 is 0 Å². The van der Waals surface area contributed by atoms with E-state index in [-0.39, 0.29) is 5.54 Å². The molecule has 2 heterocycles. The van der Waals surface area contributed by atoms with Gasteiger partial charge in [0.2, 0.25) is 0 Å². The Morgan fingerprint density at radius 1 is 0.852 bits per heavy atom. The second-order valence-corrected chi connectivity index (χ2v) is 10.5. The highest BCUT2D eigenvalue weighted by atomic mass is 16.5. The lowest BCUT2D eigenvalue weighted by Gasteiger charge is -2.38. The lowest BCUT2D eigenvalue weighted by Crippen LogP contribution is -2.48. The largest absolute Gasteiger partial charge is 0.383 e. The van der Waals surface area contributed by atoms with Crippen LogP contribution in [0, 0.1) is 0 Å². The van der Waals surface area contributed by atoms with Crippen LogP contribution in [0.4, 0.5) is 0 Å². The molecule has 0 aliphatic carbocycles. The van der Waals surface area contributed by atoms with Gasteiger partial charge in [-0.15, -0.1) is 0 Å². The Morgan fingerprint density at radius 3 is 1.89 bits per heavy atom. The number of nitrogens with zero attached hydrogens (tertiary/aromatic N) is 4. The minimum atomic E-state index is 0.271. The molecular formula is C22H46N4O. The van der Waals surface area contributed by atoms with Crippen molar-refractivity contribution in [2.75, 3.05) is 67.1 Å². The Labute approximate surface area is 169 Å². The molecule has 0 aromatic rings. The molecule has 5 nitrogen and oxygen atoms in total. The van der Waals surface area contributed by atoms with E-state index in [1.54, 1.807) is 7.11 Å². The topological polar surface area (TPSA) is 22.2 Å². The van der Waals surface area contributed by atoms with Crippen LogP contribution in [-0.2, 0) is 4.74 Å². The van der Waals surface area contributed by atoms with Crippen LogP contribution >= 0.6 is 0 Å². The molecule has 2 fully saturated rings. The van der Waals surface area contributed by atoms with E-state index in [4.69, 9.17) is 4.74 Å². The average Bonchev–Trinajstić information content (AvgIpc) is 3.26. The summed E-state index contributed by atoms with van der Waals surface area (Å²) in [6.07, 6.45) is 3.83. The third-order valence-electron chi connectivity index (χ3n) is 7.10. The van der Waals surface area contributed by atoms with Crippen LogP contribution in [0.5, 0.6) is 0 Å². The summed E-state index contributed by atoms with van der Waals surface area (Å²) in [4.78, 5) is 10.4. The zero-order valence-corrected chi connectivity index (χ0v) is 19.4. The lowest BCUT2D eigenvalue weighted by atomic mass is 9.97. The number of likely N-dealkylation sites (tertiary alicyclic amines) is 2. The number of rotatable bonds is 9. The highest BCUT2D eigenvalue weighted by molar-refractivity contribution is 4.93. The minimum absolute atomic E-state index is 0.271. The van der Waals surface area contributed by atoms with Gasteiger partial charge in [0.15, 0.2) is 0 Å². The summed E-state index contributed by atoms with van der Waals surface area (Å²) in [6, 6.07) is 1.39. The molecule has 0 spiro atoms. The fraction of sp³-hybridized carbons (Fsp3) is 1.00. The number of methoxy groups -OCH3 is 1. The summed E-state index contributed by atoms with van der Waals surface area (Å²) in [5, 5.41) is 0. The molecule has 2 aliphatic heterocycles. The zero-order chi connectivity index (χ0) is 20.2. The van der Waals surface area contributed by atoms with Gasteiger partial charge in [-0.05, 0) is 74.5 Å². The second-order valence-electron chi connectivity index (χ2n) is 10.5. The van der Waals surface area contributed by atoms with Crippen LogP contribution < -0.4 is 0 Å². The van der Waals surface area contributed by atoms with Gasteiger partial charge in [-0.25, -0.2) is 0 Å². The molecule has 0 N–H and O–H groups in total. The molecular weight excluding hydrogens is 336 g/mol. The lowest BCUT2D eigenvalue weighted by molar-refractivity contribution is 0.0983. The van der Waals surface area contributed by atoms with Crippen molar-refractivity contribution in [1.29, 1.82) is 0 Å². The predicted molar refractivity (Wildman–Crippen MR) is 116 cm³/mol. The molecule has 0 aromatic carbocycles. The van der Waals surface area contributed by atoms with Crippen molar-refractivity contribution >= 4 is 0 Å². The number of ether oxygens (including phenoxy) is 1. The normalized spacial score (nSPS) is 26.0. The molecule has 0 aromatic heterocycles. The van der Waals surface area contributed by atoms with Crippen molar-refractivity contribution in [3.63, 3.8) is 0 Å². The summed E-state index contributed by atoms with van der Waals surface area (Å²) in [7, 11) is 6.37. The van der Waals surface area contributed by atoms with E-state index in [9.17, 15) is 0 Å². The van der Waals surface area contributed by atoms with Gasteiger partial charge in [0.25, 0.3) is 0 Å². The fourth-order valence-corrected chi connectivity index (χ4v) is 4.57. The summed E-state index contributed by atoms with van der Waals surface area (Å²) < 4.78 is 5.24. The van der Waals surface area contributed by atoms with Gasteiger partial charge >= 0.3 is 0 Å². The van der Waals surface area contributed by atoms with Gasteiger partial charge in [-0.3, -0.25) is 14.7 Å². The van der Waals surface area contributed by atoms with Crippen molar-refractivity contribution in [1.82, 2.24) is 19.6 Å². The van der Waals surface area contributed by atoms with E-state index in [2.05, 4.69) is 68.3 Å². The smallest absolute Gasteiger partial charge is 0.0589 e. The van der Waals surface area contributed by atoms with Gasteiger partial charge in [0.05, 0.1) is 6.61 Å². The van der Waals surface area contributed by atoms with Crippen LogP contribution in [0.1, 0.15) is 53.9 Å². The summed E-state index contributed by atoms with van der Waals surface area (Å²) in [5.41, 5.74) is 0.571. The Kier molecular flexibility index (Phi) is 8.15. The zero-order valence-electron chi connectivity index (χ0n) is 19.4. The third-order valence-corrected chi connectivity index (χ3v) is 7.10. The average molecular weight is 383 g/mol. The van der Waals surface area contributed by atoms with Gasteiger partial charge in [0.1, 0.15) is 0 Å². The minimum Gasteiger partial charge on any atom is -0.383 e. The van der Waals surface area contributed by atoms with Gasteiger partial charge in [-0.2, -0.15) is 0 Å². The van der Waals surface area contributed by atoms with Gasteiger partial charge in [-0.1, -0.05) is 0 Å². The van der Waals surface area contributed by atoms with Gasteiger partial charge in [0, 0.05) is 63.0 Å². The monoisotopic (exact) mass is 382 g/mol. The first-order valence-electron chi connectivity index (χ1n) is 10.9. The van der Waals surface area contributed by atoms with Crippen molar-refractivity contribution in [3.8, 4) is 0 Å². The van der Waals surface area contributed by atoms with Crippen molar-refractivity contribution in [2.45, 2.75) is 77.0 Å². The molecule has 0 radical (unpaired) electrons. The first kappa shape index (κ1) is 23.1. The van der Waals surface area contributed by atoms with Crippen LogP contribution in [0.2, 0.25) is 0 Å². The van der Waals surface area contributed by atoms with Gasteiger partial charge < -0.3 is 9.64 Å². The molecule has 0 saturated carbocycles. The number of hydrogen-bond donors (Lipinski definition) is 0. The van der Waals surface area contributed by atoms with Crippen LogP contribution in [0.25, 0.3) is 0 Å². The number of likely N-dealkylation sites (N-methyl/N-ethyl adjacent to an activating group) is 2. The van der Waals surface area contributed by atoms with E-state index in [0.717, 1.165) is 13.2 Å². The Bertz CT molecular complexity index is 448. The maximum absolute atomic E-state index is 5.24. The first-order valence-corrected chi connectivity index (χ1v) is 10.9. The molecule has 27 heavy (non-hydrogen) atoms. The van der Waals surface area contributed by atoms with Crippen molar-refractivity contribution < 1.29 is 4.74 Å². The Balaban J connectivity index is 1.78. The Hall–Kier alpha value is -0.200. The highest BCUT2D eigenvalue weighted by Crippen LogP contribution is 2.28. The van der Waals surface area contributed by atoms with E-state index < -0.39 is 0 Å². The standard InChI is InChI=1S/C22H46N4O/c1-21(2,3)25-12-9-19(17-25)23(6)14-11-22(4,5)26-13-10-20(18-26)24(7)15-16-27-8/h19-20H,9-18H2,1-8H3/t19-,20+/m1/s1. The van der Waals surface area contributed by atoms with Crippen LogP contribution in [-0.4, -0.2) is 110 Å². The SMILES string of the molecule is COCCN(C)[C@H]1CCN(C(C)(C)CCN(C)[C@@H]2CCN(C(C)(C)C)C2)C1. The molecule has 0 bridgehead atoms. The van der Waals surface area contributed by atoms with Crippen molar-refractivity contribution in [2.24, 2.45) is 0 Å². The second kappa shape index (κ2) is 9.53. The van der Waals surface area contributed by atoms with E-state index in [1.807, 2.05) is 0 Å². The maximum atomic E-state index is 5.24. The third kappa shape index (κ3) is 6.40. The van der Waals surface area contributed by atoms with E-state index in [0.29, 0.717) is 17.6 Å². The molecule has 2 saturated heterocycles. The molecule has 2 rings (SSSR count). The van der Waals surface area contributed by atoms with Crippen molar-refractivity contribution in [3.05, 3.63) is 0 Å². The molecule has 160 valence electrons. The fourth-order valence-electron chi connectivity index (χ4n) is 4.57. The van der Waals surface area contributed by atoms with Crippen LogP contribution in [0.3, 0.4) is 0 Å². The molecule has 5 heteroatoms. The predicted octanol–water partition coefficient (Wildman–Crippen LogP) is 2.61. The summed E-state index contributed by atoms with van der Waals surface area (Å²) in [6.45, 7) is 19.8. The molecule has 0 unspecified atom stereocenters. The summed E-state index contributed by atoms with van der Waals surface area (Å²) >= 11 is 0. The Morgan fingerprint density at radius 2 is 1.37 bits per heavy atom. The molecule has 2 aliphatic rings. The highest BCUT2D eigenvalue weighted by Gasteiger charge is 2.36. The quantitative estimate of drug-likeness (QED) is 0.610. The molecule has 0 amide bonds. The van der Waals surface area contributed by atoms with Crippen LogP contribution in [0.15, 0.2) is 0 Å².